The summed E-state index contributed by atoms with van der Waals surface area (Å²) in [4.78, 5) is 33.1. The molecule has 4 N–H and O–H groups in total. The average Bonchev–Trinajstić information content (AvgIpc) is 3.46. The third-order valence-corrected chi connectivity index (χ3v) is 5.08. The molecule has 0 saturated carbocycles. The lowest BCUT2D eigenvalue weighted by molar-refractivity contribution is 0.0661. The van der Waals surface area contributed by atoms with Crippen molar-refractivity contribution in [3.8, 4) is 11.5 Å². The van der Waals surface area contributed by atoms with E-state index in [2.05, 4.69) is 32.6 Å². The number of pyridine rings is 1. The molecule has 0 bridgehead atoms. The number of hydrogen-bond acceptors (Lipinski definition) is 8. The van der Waals surface area contributed by atoms with Crippen molar-refractivity contribution in [1.82, 2.24) is 19.7 Å². The van der Waals surface area contributed by atoms with Crippen molar-refractivity contribution in [2.45, 2.75) is 32.2 Å². The topological polar surface area (TPSA) is 150 Å². The SMILES string of the molecule is CCCNc1cc(-c2nc(C(=O)Nc3cn(C4CCOCC4)nc3C(N)=O)co2)ccn1. The Hall–Kier alpha value is -3.73. The van der Waals surface area contributed by atoms with Gasteiger partial charge in [-0.3, -0.25) is 14.3 Å². The van der Waals surface area contributed by atoms with Crippen LogP contribution in [0.25, 0.3) is 11.5 Å². The van der Waals surface area contributed by atoms with Gasteiger partial charge in [-0.25, -0.2) is 9.97 Å². The number of primary amides is 1. The monoisotopic (exact) mass is 439 g/mol. The number of nitrogens with zero attached hydrogens (tertiary/aromatic N) is 4. The van der Waals surface area contributed by atoms with Gasteiger partial charge in [0.25, 0.3) is 11.8 Å². The van der Waals surface area contributed by atoms with Gasteiger partial charge in [0.2, 0.25) is 5.89 Å². The summed E-state index contributed by atoms with van der Waals surface area (Å²) >= 11 is 0. The summed E-state index contributed by atoms with van der Waals surface area (Å²) in [6.07, 6.45) is 7.01. The Labute approximate surface area is 184 Å². The first-order valence-corrected chi connectivity index (χ1v) is 10.5. The van der Waals surface area contributed by atoms with E-state index < -0.39 is 11.8 Å². The Morgan fingerprint density at radius 2 is 2.12 bits per heavy atom. The van der Waals surface area contributed by atoms with Gasteiger partial charge in [0, 0.05) is 37.7 Å². The summed E-state index contributed by atoms with van der Waals surface area (Å²) in [6, 6.07) is 3.62. The summed E-state index contributed by atoms with van der Waals surface area (Å²) < 4.78 is 12.5. The zero-order valence-corrected chi connectivity index (χ0v) is 17.7. The zero-order valence-electron chi connectivity index (χ0n) is 17.7. The second-order valence-corrected chi connectivity index (χ2v) is 7.43. The number of amides is 2. The number of ether oxygens (including phenoxy) is 1. The smallest absolute Gasteiger partial charge is 0.277 e. The molecule has 0 spiro atoms. The molecule has 0 aromatic carbocycles. The van der Waals surface area contributed by atoms with Crippen LogP contribution in [0.1, 0.15) is 53.2 Å². The molecule has 3 aromatic heterocycles. The normalized spacial score (nSPS) is 14.3. The minimum absolute atomic E-state index is 0.00525. The Balaban J connectivity index is 1.51. The van der Waals surface area contributed by atoms with E-state index in [0.717, 1.165) is 25.8 Å². The van der Waals surface area contributed by atoms with E-state index in [9.17, 15) is 9.59 Å². The number of oxazole rings is 1. The number of nitrogens with one attached hydrogen (secondary N) is 2. The molecule has 11 heteroatoms. The highest BCUT2D eigenvalue weighted by molar-refractivity contribution is 6.07. The van der Waals surface area contributed by atoms with Gasteiger partial charge >= 0.3 is 0 Å². The second kappa shape index (κ2) is 9.60. The summed E-state index contributed by atoms with van der Waals surface area (Å²) in [5.74, 6) is -0.284. The van der Waals surface area contributed by atoms with Crippen molar-refractivity contribution in [3.63, 3.8) is 0 Å². The van der Waals surface area contributed by atoms with Crippen molar-refractivity contribution in [2.24, 2.45) is 5.73 Å². The van der Waals surface area contributed by atoms with E-state index in [4.69, 9.17) is 14.9 Å². The van der Waals surface area contributed by atoms with Crippen LogP contribution in [0.5, 0.6) is 0 Å². The second-order valence-electron chi connectivity index (χ2n) is 7.43. The van der Waals surface area contributed by atoms with Gasteiger partial charge in [-0.15, -0.1) is 0 Å². The first-order chi connectivity index (χ1) is 15.5. The maximum Gasteiger partial charge on any atom is 0.277 e. The molecule has 0 aliphatic carbocycles. The molecule has 2 amide bonds. The fraction of sp³-hybridized carbons (Fsp3) is 0.381. The lowest BCUT2D eigenvalue weighted by Gasteiger charge is -2.22. The Bertz CT molecular complexity index is 1100. The van der Waals surface area contributed by atoms with Crippen LogP contribution >= 0.6 is 0 Å². The van der Waals surface area contributed by atoms with Crippen LogP contribution in [0.15, 0.2) is 35.2 Å². The largest absolute Gasteiger partial charge is 0.444 e. The molecule has 11 nitrogen and oxygen atoms in total. The molecule has 1 saturated heterocycles. The molecular formula is C21H25N7O4. The molecular weight excluding hydrogens is 414 g/mol. The molecule has 32 heavy (non-hydrogen) atoms. The highest BCUT2D eigenvalue weighted by Crippen LogP contribution is 2.25. The van der Waals surface area contributed by atoms with Crippen LogP contribution < -0.4 is 16.4 Å². The average molecular weight is 439 g/mol. The molecule has 3 aromatic rings. The third-order valence-electron chi connectivity index (χ3n) is 5.08. The van der Waals surface area contributed by atoms with Crippen molar-refractivity contribution >= 4 is 23.3 Å². The maximum atomic E-state index is 12.8. The molecule has 0 radical (unpaired) electrons. The maximum absolute atomic E-state index is 12.8. The fourth-order valence-corrected chi connectivity index (χ4v) is 3.41. The van der Waals surface area contributed by atoms with Crippen molar-refractivity contribution < 1.29 is 18.7 Å². The summed E-state index contributed by atoms with van der Waals surface area (Å²) in [5, 5.41) is 10.1. The Morgan fingerprint density at radius 3 is 2.88 bits per heavy atom. The molecule has 168 valence electrons. The first-order valence-electron chi connectivity index (χ1n) is 10.5. The standard InChI is InChI=1S/C21H25N7O4/c1-2-6-23-17-10-13(3-7-24-17)21-26-16(12-32-21)20(30)25-15-11-28(27-18(15)19(22)29)14-4-8-31-9-5-14/h3,7,10-12,14H,2,4-6,8-9H2,1H3,(H2,22,29)(H,23,24)(H,25,30). The van der Waals surface area contributed by atoms with E-state index in [1.807, 2.05) is 0 Å². The summed E-state index contributed by atoms with van der Waals surface area (Å²) in [7, 11) is 0. The Kier molecular flexibility index (Phi) is 6.45. The molecule has 4 rings (SSSR count). The van der Waals surface area contributed by atoms with Crippen LogP contribution in [0, 0.1) is 0 Å². The number of rotatable bonds is 8. The molecule has 0 atom stereocenters. The van der Waals surface area contributed by atoms with Gasteiger partial charge in [-0.2, -0.15) is 5.10 Å². The van der Waals surface area contributed by atoms with Crippen LogP contribution in [0.3, 0.4) is 0 Å². The number of anilines is 2. The molecule has 1 fully saturated rings. The predicted molar refractivity (Wildman–Crippen MR) is 116 cm³/mol. The van der Waals surface area contributed by atoms with E-state index in [1.54, 1.807) is 29.2 Å². The fourth-order valence-electron chi connectivity index (χ4n) is 3.41. The van der Waals surface area contributed by atoms with Gasteiger partial charge in [-0.05, 0) is 31.4 Å². The number of nitrogens with two attached hydrogens (primary N) is 1. The number of aromatic nitrogens is 4. The van der Waals surface area contributed by atoms with Gasteiger partial charge in [0.15, 0.2) is 11.4 Å². The Morgan fingerprint density at radius 1 is 1.31 bits per heavy atom. The highest BCUT2D eigenvalue weighted by atomic mass is 16.5. The van der Waals surface area contributed by atoms with Gasteiger partial charge in [0.05, 0.1) is 11.7 Å². The van der Waals surface area contributed by atoms with Crippen LogP contribution in [-0.2, 0) is 4.74 Å². The van der Waals surface area contributed by atoms with E-state index in [0.29, 0.717) is 24.6 Å². The van der Waals surface area contributed by atoms with Crippen LogP contribution in [0.4, 0.5) is 11.5 Å². The lowest BCUT2D eigenvalue weighted by Crippen LogP contribution is -2.21. The molecule has 4 heterocycles. The number of hydrogen-bond donors (Lipinski definition) is 3. The van der Waals surface area contributed by atoms with Crippen molar-refractivity contribution in [1.29, 1.82) is 0 Å². The number of carbonyl (C=O) groups excluding carboxylic acids is 2. The molecule has 0 unspecified atom stereocenters. The minimum Gasteiger partial charge on any atom is -0.444 e. The quantitative estimate of drug-likeness (QED) is 0.484. The highest BCUT2D eigenvalue weighted by Gasteiger charge is 2.23. The lowest BCUT2D eigenvalue weighted by atomic mass is 10.1. The third kappa shape index (κ3) is 4.78. The number of carbonyl (C=O) groups is 2. The zero-order chi connectivity index (χ0) is 22.5. The van der Waals surface area contributed by atoms with Crippen molar-refractivity contribution in [2.75, 3.05) is 30.4 Å². The van der Waals surface area contributed by atoms with Gasteiger partial charge in [-0.1, -0.05) is 6.92 Å². The first kappa shape index (κ1) is 21.5. The predicted octanol–water partition coefficient (Wildman–Crippen LogP) is 2.46. The van der Waals surface area contributed by atoms with E-state index in [1.165, 1.54) is 6.26 Å². The van der Waals surface area contributed by atoms with E-state index >= 15 is 0 Å². The molecule has 1 aliphatic rings. The summed E-state index contributed by atoms with van der Waals surface area (Å²) in [5.41, 5.74) is 6.44. The van der Waals surface area contributed by atoms with Gasteiger partial charge in [0.1, 0.15) is 12.1 Å². The van der Waals surface area contributed by atoms with Crippen molar-refractivity contribution in [3.05, 3.63) is 42.2 Å². The van der Waals surface area contributed by atoms with Crippen LogP contribution in [-0.4, -0.2) is 51.3 Å². The van der Waals surface area contributed by atoms with Gasteiger partial charge < -0.3 is 25.5 Å². The van der Waals surface area contributed by atoms with E-state index in [-0.39, 0.29) is 29.0 Å². The molecule has 1 aliphatic heterocycles. The minimum atomic E-state index is -0.726. The summed E-state index contributed by atoms with van der Waals surface area (Å²) in [6.45, 7) is 4.08. The van der Waals surface area contributed by atoms with Crippen LogP contribution in [0.2, 0.25) is 0 Å².